The average molecular weight is 709 g/mol. The van der Waals surface area contributed by atoms with Crippen LogP contribution in [0.4, 0.5) is 0 Å². The number of aromatic amines is 4. The number of H-pyrrole nitrogens is 4. The van der Waals surface area contributed by atoms with E-state index in [4.69, 9.17) is 64.5 Å². The molecule has 0 aliphatic rings. The summed E-state index contributed by atoms with van der Waals surface area (Å²) in [5.74, 6) is -2.24. The summed E-state index contributed by atoms with van der Waals surface area (Å²) in [6.45, 7) is 0. The number of ketones is 1. The number of imidazole rings is 4. The van der Waals surface area contributed by atoms with Gasteiger partial charge >= 0.3 is 0 Å². The van der Waals surface area contributed by atoms with Crippen LogP contribution < -0.4 is 22.9 Å². The number of nitrogens with one attached hydrogen (secondary N) is 8. The normalized spacial score (nSPS) is 12.5. The molecular formula is C35H32N16O2. The Morgan fingerprint density at radius 2 is 0.679 bits per heavy atom. The fourth-order valence-corrected chi connectivity index (χ4v) is 6.30. The molecule has 0 atom stereocenters. The molecule has 4 aromatic heterocycles. The highest BCUT2D eigenvalue weighted by atomic mass is 16.1. The summed E-state index contributed by atoms with van der Waals surface area (Å²) in [6.07, 6.45) is 0. The number of carbonyl (C=O) groups excluding carboxylic acids is 1. The Bertz CT molecular complexity index is 2450. The van der Waals surface area contributed by atoms with Gasteiger partial charge in [-0.1, -0.05) is 0 Å². The van der Waals surface area contributed by atoms with Crippen molar-refractivity contribution in [2.24, 2.45) is 22.9 Å². The third-order valence-corrected chi connectivity index (χ3v) is 8.91. The highest BCUT2D eigenvalue weighted by Gasteiger charge is 2.39. The molecule has 0 spiro atoms. The lowest BCUT2D eigenvalue weighted by atomic mass is 9.90. The summed E-state index contributed by atoms with van der Waals surface area (Å²) in [6, 6.07) is 20.3. The lowest BCUT2D eigenvalue weighted by Gasteiger charge is -2.17. The molecule has 18 heteroatoms. The molecule has 0 aliphatic carbocycles. The maximum atomic E-state index is 15.4. The minimum Gasteiger partial charge on any atom is -0.412 e. The molecule has 0 amide bonds. The summed E-state index contributed by atoms with van der Waals surface area (Å²) in [5.41, 5.74) is 29.3. The Labute approximate surface area is 297 Å². The van der Waals surface area contributed by atoms with Gasteiger partial charge in [-0.25, -0.2) is 19.9 Å². The Balaban J connectivity index is 0.00000435. The van der Waals surface area contributed by atoms with Gasteiger partial charge in [-0.2, -0.15) is 0 Å². The number of benzene rings is 4. The molecule has 8 rings (SSSR count). The predicted molar refractivity (Wildman–Crippen MR) is 201 cm³/mol. The number of nitrogens with two attached hydrogens (primary N) is 4. The highest BCUT2D eigenvalue weighted by Crippen LogP contribution is 2.35. The number of nitrogens with zero attached hydrogens (tertiary/aromatic N) is 4. The first kappa shape index (κ1) is 33.8. The molecule has 0 radical (unpaired) electrons. The number of carbonyl (C=O) groups is 1. The molecule has 53 heavy (non-hydrogen) atoms. The van der Waals surface area contributed by atoms with E-state index >= 15 is 4.79 Å². The second-order valence-electron chi connectivity index (χ2n) is 12.3. The van der Waals surface area contributed by atoms with E-state index in [9.17, 15) is 0 Å². The first-order valence-electron chi connectivity index (χ1n) is 15.8. The number of nitrogen functional groups attached to an aromatic ring is 4. The first-order chi connectivity index (χ1) is 24.9. The van der Waals surface area contributed by atoms with Crippen molar-refractivity contribution >= 4 is 73.3 Å². The number of fused-ring (bicyclic) bond motifs is 4. The Morgan fingerprint density at radius 1 is 0.453 bits per heavy atom. The number of hydrogen-bond donors (Lipinski definition) is 12. The van der Waals surface area contributed by atoms with Gasteiger partial charge in [-0.15, -0.1) is 0 Å². The van der Waals surface area contributed by atoms with Crippen LogP contribution in [0.3, 0.4) is 0 Å². The third kappa shape index (κ3) is 5.85. The molecule has 0 saturated heterocycles. The van der Waals surface area contributed by atoms with Gasteiger partial charge in [-0.05, 0) is 72.8 Å². The van der Waals surface area contributed by atoms with Gasteiger partial charge in [0.25, 0.3) is 0 Å². The van der Waals surface area contributed by atoms with Crippen LogP contribution in [0.2, 0.25) is 0 Å². The second-order valence-corrected chi connectivity index (χ2v) is 12.3. The van der Waals surface area contributed by atoms with Crippen LogP contribution in [0.25, 0.3) is 44.1 Å². The minimum absolute atomic E-state index is 0. The fourth-order valence-electron chi connectivity index (χ4n) is 6.30. The molecule has 8 aromatic rings. The van der Waals surface area contributed by atoms with Crippen molar-refractivity contribution in [3.05, 3.63) is 118 Å². The van der Waals surface area contributed by atoms with Gasteiger partial charge in [0.05, 0.1) is 44.1 Å². The van der Waals surface area contributed by atoms with Crippen molar-refractivity contribution < 1.29 is 10.3 Å². The van der Waals surface area contributed by atoms with Crippen molar-refractivity contribution in [1.29, 1.82) is 21.6 Å². The topological polar surface area (TPSA) is 363 Å². The molecule has 0 unspecified atom stereocenters. The van der Waals surface area contributed by atoms with Crippen molar-refractivity contribution in [3.8, 4) is 0 Å². The van der Waals surface area contributed by atoms with Crippen LogP contribution in [-0.2, 0) is 4.79 Å². The van der Waals surface area contributed by atoms with E-state index in [1.54, 1.807) is 72.8 Å². The maximum absolute atomic E-state index is 15.4. The zero-order valence-corrected chi connectivity index (χ0v) is 27.6. The quantitative estimate of drug-likeness (QED) is 0.0729. The van der Waals surface area contributed by atoms with Gasteiger partial charge < -0.3 is 48.3 Å². The zero-order chi connectivity index (χ0) is 36.4. The van der Waals surface area contributed by atoms with Gasteiger partial charge in [0.1, 0.15) is 58.5 Å². The Hall–Kier alpha value is -7.73. The van der Waals surface area contributed by atoms with E-state index in [1.807, 2.05) is 0 Å². The van der Waals surface area contributed by atoms with Crippen molar-refractivity contribution in [3.63, 3.8) is 0 Å². The lowest BCUT2D eigenvalue weighted by molar-refractivity contribution is -0.120. The van der Waals surface area contributed by atoms with E-state index in [0.717, 1.165) is 0 Å². The van der Waals surface area contributed by atoms with Crippen LogP contribution in [0, 0.1) is 21.6 Å². The molecule has 4 heterocycles. The van der Waals surface area contributed by atoms with E-state index < -0.39 is 17.6 Å². The molecule has 0 saturated carbocycles. The Morgan fingerprint density at radius 3 is 0.887 bits per heavy atom. The van der Waals surface area contributed by atoms with Crippen LogP contribution in [-0.4, -0.2) is 74.5 Å². The van der Waals surface area contributed by atoms with Gasteiger partial charge in [0.15, 0.2) is 5.78 Å². The van der Waals surface area contributed by atoms with Crippen molar-refractivity contribution in [2.45, 2.75) is 11.8 Å². The smallest absolute Gasteiger partial charge is 0.169 e. The minimum atomic E-state index is -1.16. The van der Waals surface area contributed by atoms with Crippen molar-refractivity contribution in [1.82, 2.24) is 39.9 Å². The maximum Gasteiger partial charge on any atom is 0.169 e. The van der Waals surface area contributed by atoms with E-state index in [-0.39, 0.29) is 52.1 Å². The number of rotatable bonds is 10. The molecule has 0 aliphatic heterocycles. The highest BCUT2D eigenvalue weighted by molar-refractivity contribution is 6.02. The Kier molecular flexibility index (Phi) is 7.99. The number of hydrogen-bond acceptors (Lipinski definition) is 9. The van der Waals surface area contributed by atoms with Gasteiger partial charge in [0.2, 0.25) is 0 Å². The number of Topliss-reactive ketones (excluding diaryl/α,β-unsaturated/α-hetero) is 1. The van der Waals surface area contributed by atoms with Crippen LogP contribution >= 0.6 is 0 Å². The van der Waals surface area contributed by atoms with Crippen LogP contribution in [0.5, 0.6) is 0 Å². The van der Waals surface area contributed by atoms with E-state index in [2.05, 4.69) is 19.9 Å². The molecule has 264 valence electrons. The molecular weight excluding hydrogens is 676 g/mol. The summed E-state index contributed by atoms with van der Waals surface area (Å²) in [4.78, 5) is 47.7. The summed E-state index contributed by atoms with van der Waals surface area (Å²) in [7, 11) is 0. The van der Waals surface area contributed by atoms with Gasteiger partial charge in [0, 0.05) is 22.3 Å². The standard InChI is InChI=1S/C35H30N16O.H2O/c36-28(37)13-1-5-17-21(9-13)48-32(44-17)25(33-45-18-6-2-14(29(38)39)10-22(18)49-33)27(52)26(34-46-19-7-3-15(30(40)41)11-23(19)50-34)35-47-20-8-4-16(31(42)43)12-24(20)51-35;/h1-12,25-26H,(H3,36,37)(H3,38,39)(H3,40,41)(H3,42,43)(H,44,48)(H,45,49)(H,46,50)(H,47,51);1H2. The predicted octanol–water partition coefficient (Wildman–Crippen LogP) is 2.04. The molecule has 18 N–H and O–H groups in total. The van der Waals surface area contributed by atoms with Crippen LogP contribution in [0.1, 0.15) is 57.4 Å². The molecule has 18 nitrogen and oxygen atoms in total. The molecule has 4 aromatic carbocycles. The summed E-state index contributed by atoms with van der Waals surface area (Å²) >= 11 is 0. The summed E-state index contributed by atoms with van der Waals surface area (Å²) in [5, 5.41) is 31.7. The molecule has 0 fully saturated rings. The lowest BCUT2D eigenvalue weighted by Crippen LogP contribution is -2.26. The first-order valence-corrected chi connectivity index (χ1v) is 15.8. The number of amidine groups is 4. The number of aromatic nitrogens is 8. The van der Waals surface area contributed by atoms with Gasteiger partial charge in [-0.3, -0.25) is 26.4 Å². The monoisotopic (exact) mass is 708 g/mol. The largest absolute Gasteiger partial charge is 0.412 e. The van der Waals surface area contributed by atoms with E-state index in [0.29, 0.717) is 66.4 Å². The van der Waals surface area contributed by atoms with Crippen molar-refractivity contribution in [2.75, 3.05) is 0 Å². The third-order valence-electron chi connectivity index (χ3n) is 8.91. The SMILES string of the molecule is N=C(N)c1ccc2nc(C(C(=O)C(c3nc4ccc(C(=N)N)cc4[nH]3)c3nc4ccc(C(=N)N)cc4[nH]3)c3nc4ccc(C(=N)N)cc4[nH]3)[nH]c2c1.O. The zero-order valence-electron chi connectivity index (χ0n) is 27.6. The van der Waals surface area contributed by atoms with E-state index in [1.165, 1.54) is 0 Å². The molecule has 0 bridgehead atoms. The van der Waals surface area contributed by atoms with Crippen LogP contribution in [0.15, 0.2) is 72.8 Å². The fraction of sp³-hybridized carbons (Fsp3) is 0.0571. The average Bonchev–Trinajstić information content (AvgIpc) is 3.91. The summed E-state index contributed by atoms with van der Waals surface area (Å²) < 4.78 is 0. The second kappa shape index (κ2) is 12.5.